The molecule has 17 nitrogen and oxygen atoms in total. The highest BCUT2D eigenvalue weighted by Gasteiger charge is 2.30. The molecule has 0 bridgehead atoms. The Hall–Kier alpha value is -1.94. The predicted octanol–water partition coefficient (Wildman–Crippen LogP) is 24.1. The van der Waals surface area contributed by atoms with Crippen LogP contribution in [0.5, 0.6) is 0 Å². The van der Waals surface area contributed by atoms with Crippen LogP contribution in [0.2, 0.25) is 0 Å². The van der Waals surface area contributed by atoms with Gasteiger partial charge in [-0.05, 0) is 43.4 Å². The first kappa shape index (κ1) is 98.1. The highest BCUT2D eigenvalue weighted by molar-refractivity contribution is 7.47. The van der Waals surface area contributed by atoms with Crippen molar-refractivity contribution in [3.05, 3.63) is 0 Å². The van der Waals surface area contributed by atoms with Crippen LogP contribution in [0.15, 0.2) is 0 Å². The zero-order valence-corrected chi connectivity index (χ0v) is 67.5. The molecule has 100 heavy (non-hydrogen) atoms. The molecule has 0 fully saturated rings. The third-order valence-corrected chi connectivity index (χ3v) is 20.8. The van der Waals surface area contributed by atoms with Gasteiger partial charge in [-0.3, -0.25) is 37.3 Å². The van der Waals surface area contributed by atoms with Crippen LogP contribution >= 0.6 is 15.6 Å². The second-order valence-electron chi connectivity index (χ2n) is 30.6. The average molecular weight is 1470 g/mol. The lowest BCUT2D eigenvalue weighted by molar-refractivity contribution is -0.161. The van der Waals surface area contributed by atoms with E-state index in [1.807, 2.05) is 0 Å². The number of hydrogen-bond donors (Lipinski definition) is 3. The molecule has 594 valence electrons. The van der Waals surface area contributed by atoms with E-state index in [4.69, 9.17) is 37.0 Å². The number of hydrogen-bond acceptors (Lipinski definition) is 15. The lowest BCUT2D eigenvalue weighted by Gasteiger charge is -2.21. The van der Waals surface area contributed by atoms with Gasteiger partial charge < -0.3 is 33.8 Å². The number of ether oxygens (including phenoxy) is 4. The van der Waals surface area contributed by atoms with Crippen molar-refractivity contribution in [2.75, 3.05) is 39.6 Å². The summed E-state index contributed by atoms with van der Waals surface area (Å²) in [4.78, 5) is 73.0. The SMILES string of the molecule is CCCCCCCCCCCCC(=O)OC[C@H](COP(=O)(O)OC[C@H](O)COP(=O)(O)OC[C@@H](COC(=O)CCCCCCCCCCCCCCCCCCC(C)C)OC(=O)CCCCCCCCCCCCCCCCCCC(C)C)OC(=O)CCCCCCCCCCCC(C)C. The van der Waals surface area contributed by atoms with Crippen LogP contribution in [0.25, 0.3) is 0 Å². The number of phosphoric acid groups is 2. The van der Waals surface area contributed by atoms with E-state index in [0.29, 0.717) is 25.7 Å². The van der Waals surface area contributed by atoms with Crippen molar-refractivity contribution in [3.63, 3.8) is 0 Å². The minimum Gasteiger partial charge on any atom is -0.462 e. The summed E-state index contributed by atoms with van der Waals surface area (Å²) in [6.45, 7) is 12.0. The van der Waals surface area contributed by atoms with Crippen LogP contribution < -0.4 is 0 Å². The van der Waals surface area contributed by atoms with Crippen molar-refractivity contribution in [1.29, 1.82) is 0 Å². The minimum atomic E-state index is -4.96. The Balaban J connectivity index is 5.22. The molecule has 0 saturated heterocycles. The second-order valence-corrected chi connectivity index (χ2v) is 33.5. The van der Waals surface area contributed by atoms with E-state index in [1.165, 1.54) is 231 Å². The third kappa shape index (κ3) is 74.3. The molecule has 0 saturated carbocycles. The molecular weight excluding hydrogens is 1310 g/mol. The largest absolute Gasteiger partial charge is 0.472 e. The first-order chi connectivity index (χ1) is 48.2. The zero-order chi connectivity index (χ0) is 73.7. The fraction of sp³-hybridized carbons (Fsp3) is 0.951. The molecule has 0 aromatic rings. The van der Waals surface area contributed by atoms with Gasteiger partial charge in [-0.1, -0.05) is 370 Å². The molecule has 0 rings (SSSR count). The van der Waals surface area contributed by atoms with Crippen LogP contribution in [0, 0.1) is 17.8 Å². The van der Waals surface area contributed by atoms with Gasteiger partial charge in [0.15, 0.2) is 12.2 Å². The molecule has 2 unspecified atom stereocenters. The summed E-state index contributed by atoms with van der Waals surface area (Å²) < 4.78 is 68.7. The number of aliphatic hydroxyl groups excluding tert-OH is 1. The number of phosphoric ester groups is 2. The van der Waals surface area contributed by atoms with Crippen molar-refractivity contribution < 1.29 is 80.2 Å². The van der Waals surface area contributed by atoms with Gasteiger partial charge in [0, 0.05) is 25.7 Å². The van der Waals surface area contributed by atoms with Crippen LogP contribution in [0.4, 0.5) is 0 Å². The minimum absolute atomic E-state index is 0.105. The fourth-order valence-electron chi connectivity index (χ4n) is 12.5. The van der Waals surface area contributed by atoms with Gasteiger partial charge in [0.25, 0.3) is 0 Å². The fourth-order valence-corrected chi connectivity index (χ4v) is 14.1. The summed E-state index contributed by atoms with van der Waals surface area (Å²) in [6, 6.07) is 0. The van der Waals surface area contributed by atoms with Crippen molar-refractivity contribution >= 4 is 39.5 Å². The first-order valence-electron chi connectivity index (χ1n) is 41.8. The highest BCUT2D eigenvalue weighted by Crippen LogP contribution is 2.45. The molecule has 0 spiro atoms. The summed E-state index contributed by atoms with van der Waals surface area (Å²) in [5, 5.41) is 10.6. The van der Waals surface area contributed by atoms with Gasteiger partial charge in [-0.25, -0.2) is 9.13 Å². The van der Waals surface area contributed by atoms with Crippen LogP contribution in [-0.4, -0.2) is 96.7 Å². The molecule has 19 heteroatoms. The molecule has 3 N–H and O–H groups in total. The number of aliphatic hydroxyl groups is 1. The summed E-state index contributed by atoms with van der Waals surface area (Å²) in [6.07, 6.45) is 59.7. The first-order valence-corrected chi connectivity index (χ1v) is 44.8. The average Bonchev–Trinajstić information content (AvgIpc) is 0.920. The number of esters is 4. The quantitative estimate of drug-likeness (QED) is 0.0222. The van der Waals surface area contributed by atoms with Gasteiger partial charge in [0.2, 0.25) is 0 Å². The van der Waals surface area contributed by atoms with E-state index in [1.54, 1.807) is 0 Å². The van der Waals surface area contributed by atoms with Gasteiger partial charge in [0.1, 0.15) is 19.3 Å². The Morgan fingerprint density at radius 3 is 0.680 bits per heavy atom. The molecule has 0 heterocycles. The molecule has 5 atom stereocenters. The Morgan fingerprint density at radius 1 is 0.270 bits per heavy atom. The maximum atomic E-state index is 13.1. The van der Waals surface area contributed by atoms with E-state index < -0.39 is 97.5 Å². The molecule has 0 radical (unpaired) electrons. The van der Waals surface area contributed by atoms with Crippen LogP contribution in [0.3, 0.4) is 0 Å². The predicted molar refractivity (Wildman–Crippen MR) is 409 cm³/mol. The molecule has 0 aliphatic rings. The summed E-state index contributed by atoms with van der Waals surface area (Å²) in [5.74, 6) is 0.247. The normalized spacial score (nSPS) is 14.0. The summed E-state index contributed by atoms with van der Waals surface area (Å²) >= 11 is 0. The van der Waals surface area contributed by atoms with E-state index in [9.17, 15) is 43.2 Å². The van der Waals surface area contributed by atoms with Crippen molar-refractivity contribution in [2.45, 2.75) is 439 Å². The maximum absolute atomic E-state index is 13.1. The molecular formula is C81H158O17P2. The zero-order valence-electron chi connectivity index (χ0n) is 65.7. The highest BCUT2D eigenvalue weighted by atomic mass is 31.2. The van der Waals surface area contributed by atoms with Crippen molar-refractivity contribution in [3.8, 4) is 0 Å². The lowest BCUT2D eigenvalue weighted by Crippen LogP contribution is -2.30. The number of carbonyl (C=O) groups excluding carboxylic acids is 4. The van der Waals surface area contributed by atoms with E-state index in [0.717, 1.165) is 108 Å². The monoisotopic (exact) mass is 1470 g/mol. The Bertz CT molecular complexity index is 1940. The summed E-state index contributed by atoms with van der Waals surface area (Å²) in [5.41, 5.74) is 0. The van der Waals surface area contributed by atoms with Gasteiger partial charge in [-0.2, -0.15) is 0 Å². The maximum Gasteiger partial charge on any atom is 0.472 e. The van der Waals surface area contributed by atoms with E-state index in [-0.39, 0.29) is 25.7 Å². The number of unbranched alkanes of at least 4 members (excludes halogenated alkanes) is 47. The Kier molecular flexibility index (Phi) is 69.9. The number of carbonyl (C=O) groups is 4. The molecule has 0 aliphatic carbocycles. The van der Waals surface area contributed by atoms with Crippen molar-refractivity contribution in [1.82, 2.24) is 0 Å². The van der Waals surface area contributed by atoms with Gasteiger partial charge in [0.05, 0.1) is 26.4 Å². The van der Waals surface area contributed by atoms with E-state index >= 15 is 0 Å². The smallest absolute Gasteiger partial charge is 0.462 e. The molecule has 0 amide bonds. The Labute approximate surface area is 613 Å². The second kappa shape index (κ2) is 71.3. The standard InChI is InChI=1S/C81H158O17P2/c1-8-9-10-11-12-13-34-41-48-55-62-78(83)91-68-77(98-81(86)65-58-51-44-37-30-33-40-47-54-61-74(6)7)71-96-100(89,90)94-67-75(82)66-93-99(87,88)95-70-76(97-80(85)64-57-50-43-36-29-25-21-17-15-19-23-27-32-39-46-53-60-73(4)5)69-92-79(84)63-56-49-42-35-28-24-20-16-14-18-22-26-31-38-45-52-59-72(2)3/h72-77,82H,8-71H2,1-7H3,(H,87,88)(H,89,90)/t75-,76-,77-/m1/s1. The molecule has 0 aliphatic heterocycles. The lowest BCUT2D eigenvalue weighted by atomic mass is 10.0. The van der Waals surface area contributed by atoms with E-state index in [2.05, 4.69) is 48.5 Å². The van der Waals surface area contributed by atoms with Gasteiger partial charge in [-0.15, -0.1) is 0 Å². The Morgan fingerprint density at radius 2 is 0.460 bits per heavy atom. The number of rotatable bonds is 79. The summed E-state index contributed by atoms with van der Waals surface area (Å²) in [7, 11) is -9.92. The van der Waals surface area contributed by atoms with Crippen molar-refractivity contribution in [2.24, 2.45) is 17.8 Å². The van der Waals surface area contributed by atoms with Gasteiger partial charge >= 0.3 is 39.5 Å². The molecule has 0 aromatic carbocycles. The molecule has 0 aromatic heterocycles. The third-order valence-electron chi connectivity index (χ3n) is 18.9. The topological polar surface area (TPSA) is 237 Å². The van der Waals surface area contributed by atoms with Crippen LogP contribution in [-0.2, 0) is 65.4 Å². The van der Waals surface area contributed by atoms with Crippen LogP contribution in [0.1, 0.15) is 421 Å².